The van der Waals surface area contributed by atoms with Crippen molar-refractivity contribution in [3.63, 3.8) is 0 Å². The minimum Gasteiger partial charge on any atom is -0.371 e. The van der Waals surface area contributed by atoms with E-state index < -0.39 is 0 Å². The van der Waals surface area contributed by atoms with Gasteiger partial charge in [-0.05, 0) is 31.0 Å². The average molecular weight is 170 g/mol. The smallest absolute Gasteiger partial charge is 0.0901 e. The van der Waals surface area contributed by atoms with E-state index in [-0.39, 0.29) is 0 Å². The summed E-state index contributed by atoms with van der Waals surface area (Å²) in [7, 11) is 0. The summed E-state index contributed by atoms with van der Waals surface area (Å²) in [6, 6.07) is 6.74. The van der Waals surface area contributed by atoms with Gasteiger partial charge < -0.3 is 5.32 Å². The van der Waals surface area contributed by atoms with Crippen LogP contribution in [-0.4, -0.2) is 6.00 Å². The van der Waals surface area contributed by atoms with Crippen LogP contribution in [0.5, 0.6) is 0 Å². The van der Waals surface area contributed by atoms with Crippen LogP contribution in [0.2, 0.25) is 0 Å². The summed E-state index contributed by atoms with van der Waals surface area (Å²) in [6.07, 6.45) is 0. The molecule has 0 spiro atoms. The van der Waals surface area contributed by atoms with Gasteiger partial charge in [0.15, 0.2) is 0 Å². The number of hydrogen-bond acceptors (Lipinski definition) is 1. The zero-order chi connectivity index (χ0) is 8.27. The first-order valence-corrected chi connectivity index (χ1v) is 4.14. The number of aryl methyl sites for hydroxylation is 2. The molecule has 0 aliphatic rings. The average Bonchev–Trinajstić information content (AvgIpc) is 1.98. The van der Waals surface area contributed by atoms with E-state index in [1.165, 1.54) is 11.1 Å². The highest BCUT2D eigenvalue weighted by Gasteiger charge is 1.95. The Bertz CT molecular complexity index is 245. The summed E-state index contributed by atoms with van der Waals surface area (Å²) in [6.45, 7) is 4.13. The van der Waals surface area contributed by atoms with E-state index in [0.29, 0.717) is 6.00 Å². The Kier molecular flexibility index (Phi) is 2.77. The molecule has 0 saturated heterocycles. The summed E-state index contributed by atoms with van der Waals surface area (Å²) >= 11 is 5.55. The van der Waals surface area contributed by atoms with Crippen molar-refractivity contribution in [2.24, 2.45) is 0 Å². The van der Waals surface area contributed by atoms with Gasteiger partial charge in [-0.3, -0.25) is 0 Å². The van der Waals surface area contributed by atoms with Gasteiger partial charge in [-0.15, -0.1) is 11.6 Å². The number of halogens is 1. The molecule has 0 atom stereocenters. The molecular weight excluding hydrogens is 158 g/mol. The van der Waals surface area contributed by atoms with E-state index in [2.05, 4.69) is 37.4 Å². The number of hydrogen-bond donors (Lipinski definition) is 1. The molecule has 0 fully saturated rings. The lowest BCUT2D eigenvalue weighted by molar-refractivity contribution is 1.34. The van der Waals surface area contributed by atoms with Crippen LogP contribution in [0.1, 0.15) is 11.1 Å². The molecule has 0 aliphatic carbocycles. The second kappa shape index (κ2) is 3.63. The fourth-order valence-electron chi connectivity index (χ4n) is 0.998. The molecule has 2 heteroatoms. The molecule has 0 aliphatic heterocycles. The maximum atomic E-state index is 5.55. The van der Waals surface area contributed by atoms with E-state index in [4.69, 9.17) is 11.6 Å². The first kappa shape index (κ1) is 8.41. The van der Waals surface area contributed by atoms with Gasteiger partial charge >= 0.3 is 0 Å². The summed E-state index contributed by atoms with van der Waals surface area (Å²) in [5.74, 6) is 0. The van der Waals surface area contributed by atoms with Crippen LogP contribution >= 0.6 is 11.6 Å². The number of alkyl halides is 1. The van der Waals surface area contributed by atoms with Crippen LogP contribution in [-0.2, 0) is 0 Å². The van der Waals surface area contributed by atoms with Gasteiger partial charge in [0.05, 0.1) is 6.00 Å². The van der Waals surface area contributed by atoms with Crippen molar-refractivity contribution in [2.75, 3.05) is 11.3 Å². The Morgan fingerprint density at radius 1 is 1.36 bits per heavy atom. The monoisotopic (exact) mass is 169 g/mol. The van der Waals surface area contributed by atoms with Crippen molar-refractivity contribution in [3.05, 3.63) is 29.3 Å². The molecule has 1 nitrogen and oxygen atoms in total. The number of nitrogens with one attached hydrogen (secondary N) is 1. The quantitative estimate of drug-likeness (QED) is 0.530. The first-order chi connectivity index (χ1) is 5.24. The van der Waals surface area contributed by atoms with E-state index in [9.17, 15) is 0 Å². The molecule has 0 radical (unpaired) electrons. The van der Waals surface area contributed by atoms with Crippen LogP contribution in [0.15, 0.2) is 18.2 Å². The summed E-state index contributed by atoms with van der Waals surface area (Å²) < 4.78 is 0. The normalized spacial score (nSPS) is 9.73. The minimum absolute atomic E-state index is 0.463. The molecular formula is C9H12ClN. The van der Waals surface area contributed by atoms with Gasteiger partial charge in [-0.1, -0.05) is 12.1 Å². The zero-order valence-electron chi connectivity index (χ0n) is 6.82. The minimum atomic E-state index is 0.463. The van der Waals surface area contributed by atoms with Crippen LogP contribution in [0.25, 0.3) is 0 Å². The van der Waals surface area contributed by atoms with E-state index >= 15 is 0 Å². The molecule has 0 unspecified atom stereocenters. The topological polar surface area (TPSA) is 12.0 Å². The zero-order valence-corrected chi connectivity index (χ0v) is 7.57. The Hall–Kier alpha value is -0.690. The molecule has 0 bridgehead atoms. The third-order valence-corrected chi connectivity index (χ3v) is 1.78. The van der Waals surface area contributed by atoms with Crippen molar-refractivity contribution < 1.29 is 0 Å². The van der Waals surface area contributed by atoms with Gasteiger partial charge in [-0.25, -0.2) is 0 Å². The third kappa shape index (κ3) is 2.12. The third-order valence-electron chi connectivity index (χ3n) is 1.65. The number of rotatable bonds is 2. The fraction of sp³-hybridized carbons (Fsp3) is 0.333. The molecule has 1 aromatic carbocycles. The van der Waals surface area contributed by atoms with Crippen LogP contribution in [0.3, 0.4) is 0 Å². The Labute approximate surface area is 72.4 Å². The Morgan fingerprint density at radius 2 is 2.09 bits per heavy atom. The summed E-state index contributed by atoms with van der Waals surface area (Å²) in [4.78, 5) is 0. The number of anilines is 1. The van der Waals surface area contributed by atoms with Crippen LogP contribution in [0.4, 0.5) is 5.69 Å². The van der Waals surface area contributed by atoms with Gasteiger partial charge in [0.2, 0.25) is 0 Å². The molecule has 0 heterocycles. The Morgan fingerprint density at radius 3 is 2.73 bits per heavy atom. The van der Waals surface area contributed by atoms with Crippen LogP contribution in [0, 0.1) is 13.8 Å². The summed E-state index contributed by atoms with van der Waals surface area (Å²) in [5.41, 5.74) is 3.61. The molecule has 1 aromatic rings. The SMILES string of the molecule is Cc1ccc(C)c(NCCl)c1. The largest absolute Gasteiger partial charge is 0.371 e. The maximum absolute atomic E-state index is 5.55. The molecule has 0 aromatic heterocycles. The molecule has 60 valence electrons. The van der Waals surface area contributed by atoms with Gasteiger partial charge in [-0.2, -0.15) is 0 Å². The highest BCUT2D eigenvalue weighted by molar-refractivity contribution is 6.18. The van der Waals surface area contributed by atoms with Crippen LogP contribution < -0.4 is 5.32 Å². The summed E-state index contributed by atoms with van der Waals surface area (Å²) in [5, 5.41) is 3.08. The lowest BCUT2D eigenvalue weighted by atomic mass is 10.1. The predicted octanol–water partition coefficient (Wildman–Crippen LogP) is 2.91. The fourth-order valence-corrected chi connectivity index (χ4v) is 1.14. The van der Waals surface area contributed by atoms with Gasteiger partial charge in [0.25, 0.3) is 0 Å². The highest BCUT2D eigenvalue weighted by atomic mass is 35.5. The molecule has 11 heavy (non-hydrogen) atoms. The second-order valence-corrected chi connectivity index (χ2v) is 2.90. The van der Waals surface area contributed by atoms with E-state index in [1.807, 2.05) is 0 Å². The Balaban J connectivity index is 2.93. The standard InChI is InChI=1S/C9H12ClN/c1-7-3-4-8(2)9(5-7)11-6-10/h3-5,11H,6H2,1-2H3. The van der Waals surface area contributed by atoms with Crippen molar-refractivity contribution in [1.29, 1.82) is 0 Å². The maximum Gasteiger partial charge on any atom is 0.0901 e. The van der Waals surface area contributed by atoms with Crippen molar-refractivity contribution in [3.8, 4) is 0 Å². The lowest BCUT2D eigenvalue weighted by Crippen LogP contribution is -1.96. The predicted molar refractivity (Wildman–Crippen MR) is 50.3 cm³/mol. The lowest BCUT2D eigenvalue weighted by Gasteiger charge is -2.06. The van der Waals surface area contributed by atoms with Gasteiger partial charge in [0, 0.05) is 5.69 Å². The van der Waals surface area contributed by atoms with E-state index in [1.54, 1.807) is 0 Å². The molecule has 1 N–H and O–H groups in total. The van der Waals surface area contributed by atoms with Crippen molar-refractivity contribution in [2.45, 2.75) is 13.8 Å². The van der Waals surface area contributed by atoms with E-state index in [0.717, 1.165) is 5.69 Å². The highest BCUT2D eigenvalue weighted by Crippen LogP contribution is 2.15. The molecule has 1 rings (SSSR count). The van der Waals surface area contributed by atoms with Crippen molar-refractivity contribution in [1.82, 2.24) is 0 Å². The number of benzene rings is 1. The molecule has 0 amide bonds. The second-order valence-electron chi connectivity index (χ2n) is 2.63. The molecule has 0 saturated carbocycles. The van der Waals surface area contributed by atoms with Gasteiger partial charge in [0.1, 0.15) is 0 Å². The van der Waals surface area contributed by atoms with Crippen molar-refractivity contribution >= 4 is 17.3 Å². The first-order valence-electron chi connectivity index (χ1n) is 3.61.